The van der Waals surface area contributed by atoms with E-state index < -0.39 is 23.5 Å². The van der Waals surface area contributed by atoms with Gasteiger partial charge in [-0.2, -0.15) is 0 Å². The molecular weight excluding hydrogens is 320 g/mol. The molecule has 1 aromatic heterocycles. The molecule has 1 aliphatic heterocycles. The summed E-state index contributed by atoms with van der Waals surface area (Å²) in [6.07, 6.45) is 2.14. The van der Waals surface area contributed by atoms with E-state index in [2.05, 4.69) is 4.98 Å². The molecule has 2 heterocycles. The smallest absolute Gasteiger partial charge is 0.412 e. The fourth-order valence-corrected chi connectivity index (χ4v) is 3.58. The van der Waals surface area contributed by atoms with Crippen molar-refractivity contribution >= 4 is 23.8 Å². The quantitative estimate of drug-likeness (QED) is 0.918. The average molecular weight is 334 g/mol. The number of carboxylic acid groups (broad SMARTS) is 1. The Morgan fingerprint density at radius 2 is 2.17 bits per heavy atom. The van der Waals surface area contributed by atoms with Gasteiger partial charge < -0.3 is 14.3 Å². The number of oxazole rings is 1. The van der Waals surface area contributed by atoms with E-state index >= 15 is 0 Å². The molecule has 2 unspecified atom stereocenters. The fourth-order valence-electron chi connectivity index (χ4n) is 2.26. The topological polar surface area (TPSA) is 92.9 Å². The van der Waals surface area contributed by atoms with Crippen LogP contribution in [-0.4, -0.2) is 38.8 Å². The van der Waals surface area contributed by atoms with Crippen LogP contribution in [0.2, 0.25) is 0 Å². The first-order valence-corrected chi connectivity index (χ1v) is 7.94. The summed E-state index contributed by atoms with van der Waals surface area (Å²) in [6.45, 7) is 0.0749. The van der Waals surface area contributed by atoms with Gasteiger partial charge in [-0.05, 0) is 5.56 Å². The van der Waals surface area contributed by atoms with Crippen molar-refractivity contribution in [3.63, 3.8) is 0 Å². The van der Waals surface area contributed by atoms with Crippen molar-refractivity contribution < 1.29 is 23.8 Å². The molecule has 23 heavy (non-hydrogen) atoms. The average Bonchev–Trinajstić information content (AvgIpc) is 3.22. The Kier molecular flexibility index (Phi) is 4.52. The molecule has 8 heteroatoms. The summed E-state index contributed by atoms with van der Waals surface area (Å²) in [4.78, 5) is 29.0. The molecule has 0 saturated carbocycles. The number of aromatic nitrogens is 1. The van der Waals surface area contributed by atoms with Crippen molar-refractivity contribution in [2.75, 3.05) is 5.75 Å². The third-order valence-corrected chi connectivity index (χ3v) is 4.62. The summed E-state index contributed by atoms with van der Waals surface area (Å²) in [7, 11) is 0. The highest BCUT2D eigenvalue weighted by Crippen LogP contribution is 2.41. The molecule has 1 amide bonds. The van der Waals surface area contributed by atoms with Gasteiger partial charge in [0.1, 0.15) is 18.9 Å². The third-order valence-electron chi connectivity index (χ3n) is 3.36. The maximum Gasteiger partial charge on any atom is 0.412 e. The van der Waals surface area contributed by atoms with Gasteiger partial charge in [-0.25, -0.2) is 14.6 Å². The number of rotatable bonds is 4. The number of thioether (sulfide) groups is 1. The zero-order valence-electron chi connectivity index (χ0n) is 12.0. The Morgan fingerprint density at radius 3 is 2.83 bits per heavy atom. The Morgan fingerprint density at radius 1 is 1.39 bits per heavy atom. The number of carboxylic acids is 1. The van der Waals surface area contributed by atoms with Crippen LogP contribution in [0.4, 0.5) is 4.79 Å². The molecule has 2 aromatic rings. The predicted molar refractivity (Wildman–Crippen MR) is 81.6 cm³/mol. The zero-order valence-corrected chi connectivity index (χ0v) is 12.8. The molecule has 0 spiro atoms. The van der Waals surface area contributed by atoms with Crippen molar-refractivity contribution in [2.45, 2.75) is 18.0 Å². The number of amides is 1. The number of nitrogens with zero attached hydrogens (tertiary/aromatic N) is 2. The number of aliphatic carboxylic acids is 1. The minimum Gasteiger partial charge on any atom is -0.480 e. The van der Waals surface area contributed by atoms with Crippen LogP contribution in [0.1, 0.15) is 16.8 Å². The summed E-state index contributed by atoms with van der Waals surface area (Å²) >= 11 is 1.28. The number of ether oxygens (including phenoxy) is 1. The van der Waals surface area contributed by atoms with Gasteiger partial charge >= 0.3 is 12.1 Å². The molecule has 7 nitrogen and oxygen atoms in total. The number of benzene rings is 1. The Balaban J connectivity index is 1.74. The minimum atomic E-state index is -1.08. The van der Waals surface area contributed by atoms with Gasteiger partial charge in [0.2, 0.25) is 5.89 Å². The van der Waals surface area contributed by atoms with E-state index in [0.717, 1.165) is 5.56 Å². The molecule has 0 bridgehead atoms. The second kappa shape index (κ2) is 6.74. The highest BCUT2D eigenvalue weighted by atomic mass is 32.2. The Labute approximate surface area is 136 Å². The molecule has 3 rings (SSSR count). The van der Waals surface area contributed by atoms with Gasteiger partial charge in [0.05, 0.1) is 6.20 Å². The monoisotopic (exact) mass is 334 g/mol. The van der Waals surface area contributed by atoms with Crippen LogP contribution >= 0.6 is 11.8 Å². The number of hydrogen-bond acceptors (Lipinski definition) is 6. The molecule has 1 fully saturated rings. The molecule has 1 N–H and O–H groups in total. The maximum atomic E-state index is 12.4. The zero-order chi connectivity index (χ0) is 16.2. The highest BCUT2D eigenvalue weighted by molar-refractivity contribution is 7.99. The fraction of sp³-hybridized carbons (Fsp3) is 0.267. The largest absolute Gasteiger partial charge is 0.480 e. The van der Waals surface area contributed by atoms with Gasteiger partial charge in [-0.3, -0.25) is 4.90 Å². The maximum absolute atomic E-state index is 12.4. The SMILES string of the molecule is O=C(O)C1CSC(c2ncco2)N1C(=O)OCc1ccccc1. The van der Waals surface area contributed by atoms with Crippen molar-refractivity contribution in [1.29, 1.82) is 0 Å². The molecule has 120 valence electrons. The van der Waals surface area contributed by atoms with E-state index in [0.29, 0.717) is 0 Å². The van der Waals surface area contributed by atoms with Crippen LogP contribution in [0.15, 0.2) is 47.2 Å². The van der Waals surface area contributed by atoms with Crippen LogP contribution in [0.5, 0.6) is 0 Å². The van der Waals surface area contributed by atoms with E-state index in [1.165, 1.54) is 29.1 Å². The van der Waals surface area contributed by atoms with Crippen molar-refractivity contribution in [3.05, 3.63) is 54.2 Å². The van der Waals surface area contributed by atoms with Gasteiger partial charge in [-0.1, -0.05) is 30.3 Å². The first kappa shape index (κ1) is 15.4. The number of carbonyl (C=O) groups is 2. The van der Waals surface area contributed by atoms with Crippen molar-refractivity contribution in [2.24, 2.45) is 0 Å². The van der Waals surface area contributed by atoms with E-state index in [9.17, 15) is 14.7 Å². The summed E-state index contributed by atoms with van der Waals surface area (Å²) in [5, 5.41) is 8.72. The second-order valence-corrected chi connectivity index (χ2v) is 5.97. The van der Waals surface area contributed by atoms with Crippen molar-refractivity contribution in [1.82, 2.24) is 9.88 Å². The van der Waals surface area contributed by atoms with Gasteiger partial charge in [-0.15, -0.1) is 11.8 Å². The van der Waals surface area contributed by atoms with Crippen LogP contribution in [0.25, 0.3) is 0 Å². The lowest BCUT2D eigenvalue weighted by atomic mass is 10.2. The number of carbonyl (C=O) groups excluding carboxylic acids is 1. The lowest BCUT2D eigenvalue weighted by molar-refractivity contribution is -0.141. The van der Waals surface area contributed by atoms with Crippen molar-refractivity contribution in [3.8, 4) is 0 Å². The standard InChI is InChI=1S/C15H14N2O5S/c18-14(19)11-9-23-13(12-16-6-7-21-12)17(11)15(20)22-8-10-4-2-1-3-5-10/h1-7,11,13H,8-9H2,(H,18,19). The van der Waals surface area contributed by atoms with Crippen LogP contribution < -0.4 is 0 Å². The first-order valence-electron chi connectivity index (χ1n) is 6.89. The molecule has 0 radical (unpaired) electrons. The van der Waals surface area contributed by atoms with E-state index in [-0.39, 0.29) is 18.3 Å². The van der Waals surface area contributed by atoms with Gasteiger partial charge in [0.25, 0.3) is 0 Å². The Bertz CT molecular complexity index is 676. The molecule has 2 atom stereocenters. The van der Waals surface area contributed by atoms with Crippen LogP contribution in [0, 0.1) is 0 Å². The lowest BCUT2D eigenvalue weighted by Crippen LogP contribution is -2.43. The van der Waals surface area contributed by atoms with Crippen LogP contribution in [0.3, 0.4) is 0 Å². The molecule has 1 aliphatic rings. The Hall–Kier alpha value is -2.48. The summed E-state index contributed by atoms with van der Waals surface area (Å²) in [5.74, 6) is -0.540. The third kappa shape index (κ3) is 3.31. The van der Waals surface area contributed by atoms with Gasteiger partial charge in [0.15, 0.2) is 5.37 Å². The molecule has 1 saturated heterocycles. The molecule has 0 aliphatic carbocycles. The minimum absolute atomic E-state index is 0.0749. The first-order chi connectivity index (χ1) is 11.2. The molecule has 1 aromatic carbocycles. The summed E-state index contributed by atoms with van der Waals surface area (Å²) in [5.41, 5.74) is 0.826. The van der Waals surface area contributed by atoms with E-state index in [1.807, 2.05) is 30.3 Å². The summed E-state index contributed by atoms with van der Waals surface area (Å²) in [6, 6.07) is 8.22. The van der Waals surface area contributed by atoms with E-state index in [4.69, 9.17) is 9.15 Å². The van der Waals surface area contributed by atoms with Gasteiger partial charge in [0, 0.05) is 5.75 Å². The second-order valence-electron chi connectivity index (χ2n) is 4.86. The lowest BCUT2D eigenvalue weighted by Gasteiger charge is -2.24. The molecular formula is C15H14N2O5S. The summed E-state index contributed by atoms with van der Waals surface area (Å²) < 4.78 is 10.5. The highest BCUT2D eigenvalue weighted by Gasteiger charge is 2.45. The normalized spacial score (nSPS) is 20.4. The van der Waals surface area contributed by atoms with Crippen LogP contribution in [-0.2, 0) is 16.1 Å². The van der Waals surface area contributed by atoms with E-state index in [1.54, 1.807) is 0 Å². The predicted octanol–water partition coefficient (Wildman–Crippen LogP) is 2.51. The number of hydrogen-bond donors (Lipinski definition) is 1.